The number of carbonyl (C=O) groups is 1. The maximum absolute atomic E-state index is 12.9. The molecule has 0 bridgehead atoms. The van der Waals surface area contributed by atoms with E-state index in [1.807, 2.05) is 0 Å². The van der Waals surface area contributed by atoms with Crippen LogP contribution < -0.4 is 0 Å². The number of aromatic nitrogens is 1. The first-order valence-electron chi connectivity index (χ1n) is 7.16. The fraction of sp³-hybridized carbons (Fsp3) is 0.714. The van der Waals surface area contributed by atoms with Gasteiger partial charge in [-0.2, -0.15) is 13.2 Å². The van der Waals surface area contributed by atoms with E-state index in [4.69, 9.17) is 9.26 Å². The summed E-state index contributed by atoms with van der Waals surface area (Å²) in [7, 11) is 0. The predicted molar refractivity (Wildman–Crippen MR) is 69.4 cm³/mol. The van der Waals surface area contributed by atoms with E-state index < -0.39 is 30.3 Å². The second kappa shape index (κ2) is 4.97. The van der Waals surface area contributed by atoms with Crippen molar-refractivity contribution >= 4 is 5.91 Å². The molecule has 2 heterocycles. The number of nitrogens with zero attached hydrogens (tertiary/aromatic N) is 2. The molecule has 0 N–H and O–H groups in total. The van der Waals surface area contributed by atoms with E-state index in [1.165, 1.54) is 19.9 Å². The highest BCUT2D eigenvalue weighted by Gasteiger charge is 2.49. The van der Waals surface area contributed by atoms with Crippen LogP contribution in [0.3, 0.4) is 0 Å². The number of ether oxygens (including phenoxy) is 1. The molecule has 3 rings (SSSR count). The third-order valence-corrected chi connectivity index (χ3v) is 3.80. The van der Waals surface area contributed by atoms with Gasteiger partial charge in [-0.3, -0.25) is 4.79 Å². The Morgan fingerprint density at radius 2 is 2.09 bits per heavy atom. The molecule has 1 amide bonds. The quantitative estimate of drug-likeness (QED) is 0.841. The third kappa shape index (κ3) is 3.11. The van der Waals surface area contributed by atoms with Crippen LogP contribution in [-0.4, -0.2) is 46.9 Å². The van der Waals surface area contributed by atoms with Gasteiger partial charge in [0.15, 0.2) is 11.8 Å². The van der Waals surface area contributed by atoms with Crippen molar-refractivity contribution < 1.29 is 27.2 Å². The highest BCUT2D eigenvalue weighted by Crippen LogP contribution is 2.40. The monoisotopic (exact) mass is 318 g/mol. The second-order valence-electron chi connectivity index (χ2n) is 6.48. The lowest BCUT2D eigenvalue weighted by Crippen LogP contribution is -2.58. The Morgan fingerprint density at radius 3 is 2.68 bits per heavy atom. The average molecular weight is 318 g/mol. The number of halogens is 3. The molecule has 22 heavy (non-hydrogen) atoms. The minimum atomic E-state index is -4.51. The number of carbonyl (C=O) groups excluding carboxylic acids is 1. The fourth-order valence-corrected chi connectivity index (χ4v) is 2.62. The van der Waals surface area contributed by atoms with Crippen LogP contribution in [0.4, 0.5) is 13.2 Å². The maximum Gasteiger partial charge on any atom is 0.416 e. The molecular weight excluding hydrogens is 301 g/mol. The zero-order valence-electron chi connectivity index (χ0n) is 12.3. The van der Waals surface area contributed by atoms with E-state index in [0.29, 0.717) is 5.76 Å². The molecule has 8 heteroatoms. The Hall–Kier alpha value is -1.57. The summed E-state index contributed by atoms with van der Waals surface area (Å²) < 4.78 is 49.0. The average Bonchev–Trinajstić information content (AvgIpc) is 3.13. The van der Waals surface area contributed by atoms with Gasteiger partial charge in [-0.25, -0.2) is 0 Å². The van der Waals surface area contributed by atoms with E-state index in [0.717, 1.165) is 17.7 Å². The Morgan fingerprint density at radius 1 is 1.41 bits per heavy atom. The van der Waals surface area contributed by atoms with E-state index in [9.17, 15) is 18.0 Å². The van der Waals surface area contributed by atoms with Gasteiger partial charge in [0.05, 0.1) is 12.1 Å². The standard InChI is InChI=1S/C14H17F3N2O3/c1-13(2)7-19(6-11(21-13)14(15,16)17)12(20)9-5-10(22-18-9)8-3-4-8/h5,8,11H,3-4,6-7H2,1-2H3. The molecule has 1 atom stereocenters. The summed E-state index contributed by atoms with van der Waals surface area (Å²) in [4.78, 5) is 13.5. The number of hydrogen-bond donors (Lipinski definition) is 0. The summed E-state index contributed by atoms with van der Waals surface area (Å²) in [5, 5.41) is 3.70. The van der Waals surface area contributed by atoms with Crippen LogP contribution in [0.1, 0.15) is 48.9 Å². The van der Waals surface area contributed by atoms with Gasteiger partial charge < -0.3 is 14.2 Å². The summed E-state index contributed by atoms with van der Waals surface area (Å²) in [6.45, 7) is 2.61. The lowest BCUT2D eigenvalue weighted by Gasteiger charge is -2.42. The molecule has 0 aromatic carbocycles. The molecule has 0 spiro atoms. The Balaban J connectivity index is 1.77. The van der Waals surface area contributed by atoms with Crippen LogP contribution in [0.2, 0.25) is 0 Å². The summed E-state index contributed by atoms with van der Waals surface area (Å²) in [6.07, 6.45) is -4.53. The molecule has 1 aromatic rings. The molecular formula is C14H17F3N2O3. The van der Waals surface area contributed by atoms with Crippen LogP contribution in [0.15, 0.2) is 10.6 Å². The Bertz CT molecular complexity index is 578. The normalized spacial score (nSPS) is 25.3. The highest BCUT2D eigenvalue weighted by molar-refractivity contribution is 5.92. The van der Waals surface area contributed by atoms with Gasteiger partial charge in [-0.1, -0.05) is 5.16 Å². The molecule has 2 aliphatic rings. The zero-order valence-corrected chi connectivity index (χ0v) is 12.3. The van der Waals surface area contributed by atoms with Gasteiger partial charge in [0, 0.05) is 18.5 Å². The summed E-state index contributed by atoms with van der Waals surface area (Å²) in [6, 6.07) is 1.53. The van der Waals surface area contributed by atoms with Crippen molar-refractivity contribution in [1.29, 1.82) is 0 Å². The van der Waals surface area contributed by atoms with E-state index >= 15 is 0 Å². The molecule has 1 aliphatic heterocycles. The molecule has 1 saturated carbocycles. The maximum atomic E-state index is 12.9. The van der Waals surface area contributed by atoms with E-state index in [-0.39, 0.29) is 18.2 Å². The number of rotatable bonds is 2. The van der Waals surface area contributed by atoms with E-state index in [2.05, 4.69) is 5.16 Å². The topological polar surface area (TPSA) is 55.6 Å². The molecule has 122 valence electrons. The van der Waals surface area contributed by atoms with Crippen molar-refractivity contribution in [2.75, 3.05) is 13.1 Å². The van der Waals surface area contributed by atoms with Crippen molar-refractivity contribution in [2.24, 2.45) is 0 Å². The van der Waals surface area contributed by atoms with Crippen molar-refractivity contribution in [3.8, 4) is 0 Å². The highest BCUT2D eigenvalue weighted by atomic mass is 19.4. The van der Waals surface area contributed by atoms with Gasteiger partial charge in [0.2, 0.25) is 0 Å². The minimum Gasteiger partial charge on any atom is -0.360 e. The molecule has 1 saturated heterocycles. The molecule has 1 unspecified atom stereocenters. The number of hydrogen-bond acceptors (Lipinski definition) is 4. The second-order valence-corrected chi connectivity index (χ2v) is 6.48. The summed E-state index contributed by atoms with van der Waals surface area (Å²) >= 11 is 0. The van der Waals surface area contributed by atoms with Crippen LogP contribution >= 0.6 is 0 Å². The third-order valence-electron chi connectivity index (χ3n) is 3.80. The van der Waals surface area contributed by atoms with Crippen molar-refractivity contribution in [3.63, 3.8) is 0 Å². The van der Waals surface area contributed by atoms with Crippen molar-refractivity contribution in [2.45, 2.75) is 50.5 Å². The van der Waals surface area contributed by atoms with Crippen molar-refractivity contribution in [3.05, 3.63) is 17.5 Å². The largest absolute Gasteiger partial charge is 0.416 e. The lowest BCUT2D eigenvalue weighted by molar-refractivity contribution is -0.267. The van der Waals surface area contributed by atoms with Gasteiger partial charge in [-0.05, 0) is 26.7 Å². The first kappa shape index (κ1) is 15.3. The fourth-order valence-electron chi connectivity index (χ4n) is 2.62. The molecule has 5 nitrogen and oxygen atoms in total. The molecule has 1 aliphatic carbocycles. The number of amides is 1. The van der Waals surface area contributed by atoms with Crippen molar-refractivity contribution in [1.82, 2.24) is 10.1 Å². The van der Waals surface area contributed by atoms with Crippen LogP contribution in [0.5, 0.6) is 0 Å². The minimum absolute atomic E-state index is 0.0560. The molecule has 1 aromatic heterocycles. The van der Waals surface area contributed by atoms with E-state index in [1.54, 1.807) is 0 Å². The van der Waals surface area contributed by atoms with Crippen LogP contribution in [-0.2, 0) is 4.74 Å². The van der Waals surface area contributed by atoms with Crippen LogP contribution in [0.25, 0.3) is 0 Å². The number of morpholine rings is 1. The summed E-state index contributed by atoms with van der Waals surface area (Å²) in [5.74, 6) is 0.364. The smallest absolute Gasteiger partial charge is 0.360 e. The van der Waals surface area contributed by atoms with Gasteiger partial charge >= 0.3 is 6.18 Å². The SMILES string of the molecule is CC1(C)CN(C(=O)c2cc(C3CC3)on2)CC(C(F)(F)F)O1. The molecule has 0 radical (unpaired) electrons. The Labute approximate surface area is 125 Å². The first-order chi connectivity index (χ1) is 10.2. The van der Waals surface area contributed by atoms with Crippen LogP contribution in [0, 0.1) is 0 Å². The molecule has 2 fully saturated rings. The van der Waals surface area contributed by atoms with Gasteiger partial charge in [0.1, 0.15) is 5.76 Å². The predicted octanol–water partition coefficient (Wildman–Crippen LogP) is 2.73. The first-order valence-corrected chi connectivity index (χ1v) is 7.16. The Kier molecular flexibility index (Phi) is 3.47. The zero-order chi connectivity index (χ0) is 16.1. The van der Waals surface area contributed by atoms with Gasteiger partial charge in [0.25, 0.3) is 5.91 Å². The number of alkyl halides is 3. The lowest BCUT2D eigenvalue weighted by atomic mass is 10.0. The van der Waals surface area contributed by atoms with Gasteiger partial charge in [-0.15, -0.1) is 0 Å². The summed E-state index contributed by atoms with van der Waals surface area (Å²) in [5.41, 5.74) is -1.02.